The topological polar surface area (TPSA) is 50.7 Å². The van der Waals surface area contributed by atoms with Crippen molar-refractivity contribution in [2.45, 2.75) is 13.5 Å². The van der Waals surface area contributed by atoms with E-state index in [9.17, 15) is 4.79 Å². The van der Waals surface area contributed by atoms with Gasteiger partial charge in [0.05, 0.1) is 6.20 Å². The van der Waals surface area contributed by atoms with E-state index in [1.807, 2.05) is 60.1 Å². The summed E-state index contributed by atoms with van der Waals surface area (Å²) in [5.74, 6) is 0. The first kappa shape index (κ1) is 14.1. The highest BCUT2D eigenvalue weighted by molar-refractivity contribution is 6.07. The number of hydrogen-bond donors (Lipinski definition) is 1. The molecule has 22 heavy (non-hydrogen) atoms. The Morgan fingerprint density at radius 2 is 2.18 bits per heavy atom. The number of aromatic nitrogens is 3. The number of aromatic amines is 1. The van der Waals surface area contributed by atoms with E-state index in [1.165, 1.54) is 0 Å². The van der Waals surface area contributed by atoms with E-state index in [4.69, 9.17) is 0 Å². The van der Waals surface area contributed by atoms with Gasteiger partial charge in [-0.1, -0.05) is 49.1 Å². The summed E-state index contributed by atoms with van der Waals surface area (Å²) in [6, 6.07) is 7.98. The van der Waals surface area contributed by atoms with E-state index in [-0.39, 0.29) is 5.56 Å². The lowest BCUT2D eigenvalue weighted by Crippen LogP contribution is -2.12. The summed E-state index contributed by atoms with van der Waals surface area (Å²) in [7, 11) is 0. The first-order valence-electron chi connectivity index (χ1n) is 7.15. The van der Waals surface area contributed by atoms with Gasteiger partial charge in [-0.3, -0.25) is 4.79 Å². The van der Waals surface area contributed by atoms with Gasteiger partial charge in [-0.2, -0.15) is 5.10 Å². The summed E-state index contributed by atoms with van der Waals surface area (Å²) in [5.41, 5.74) is 2.52. The summed E-state index contributed by atoms with van der Waals surface area (Å²) in [5, 5.41) is 8.35. The molecule has 0 aliphatic heterocycles. The van der Waals surface area contributed by atoms with Crippen molar-refractivity contribution in [3.05, 3.63) is 77.3 Å². The molecule has 0 amide bonds. The van der Waals surface area contributed by atoms with E-state index in [2.05, 4.69) is 16.8 Å². The summed E-state index contributed by atoms with van der Waals surface area (Å²) in [6.45, 7) is 6.42. The molecule has 2 heterocycles. The van der Waals surface area contributed by atoms with Crippen LogP contribution in [-0.2, 0) is 6.54 Å². The Balaban J connectivity index is 2.31. The van der Waals surface area contributed by atoms with Crippen molar-refractivity contribution >= 4 is 21.8 Å². The maximum absolute atomic E-state index is 12.3. The molecule has 110 valence electrons. The molecule has 1 N–H and O–H groups in total. The average Bonchev–Trinajstić information content (AvgIpc) is 2.87. The Morgan fingerprint density at radius 1 is 1.36 bits per heavy atom. The molecule has 1 aromatic carbocycles. The molecule has 0 atom stereocenters. The molecular formula is C18H17N3O. The minimum absolute atomic E-state index is 0.178. The standard InChI is InChI=1S/C18H17N3O/c1-3-5-8-13(4-2)12-21-16-10-7-6-9-14(16)15-11-19-20-18(22)17(15)21/h3-11H,2,12H2,1H3,(H,20,22)/b5-3-,13-8+. The van der Waals surface area contributed by atoms with Crippen LogP contribution in [0.1, 0.15) is 6.92 Å². The van der Waals surface area contributed by atoms with Gasteiger partial charge in [-0.15, -0.1) is 0 Å². The van der Waals surface area contributed by atoms with E-state index in [0.29, 0.717) is 12.1 Å². The number of benzene rings is 1. The molecule has 0 spiro atoms. The van der Waals surface area contributed by atoms with Gasteiger partial charge in [0.1, 0.15) is 5.52 Å². The normalized spacial score (nSPS) is 12.5. The van der Waals surface area contributed by atoms with Gasteiger partial charge in [-0.05, 0) is 18.6 Å². The third kappa shape index (κ3) is 2.29. The minimum Gasteiger partial charge on any atom is -0.331 e. The van der Waals surface area contributed by atoms with Crippen LogP contribution in [0.5, 0.6) is 0 Å². The minimum atomic E-state index is -0.178. The maximum atomic E-state index is 12.3. The van der Waals surface area contributed by atoms with E-state index < -0.39 is 0 Å². The molecule has 0 aliphatic rings. The molecule has 0 radical (unpaired) electrons. The van der Waals surface area contributed by atoms with Gasteiger partial charge >= 0.3 is 0 Å². The predicted octanol–water partition coefficient (Wildman–Crippen LogP) is 3.57. The third-order valence-corrected chi connectivity index (χ3v) is 3.69. The molecule has 0 aliphatic carbocycles. The molecule has 0 fully saturated rings. The van der Waals surface area contributed by atoms with Crippen LogP contribution in [0, 0.1) is 0 Å². The van der Waals surface area contributed by atoms with E-state index in [1.54, 1.807) is 6.20 Å². The second-order valence-electron chi connectivity index (χ2n) is 5.04. The average molecular weight is 291 g/mol. The van der Waals surface area contributed by atoms with Crippen LogP contribution in [-0.4, -0.2) is 14.8 Å². The number of allylic oxidation sites excluding steroid dienone is 5. The number of fused-ring (bicyclic) bond motifs is 3. The zero-order chi connectivity index (χ0) is 15.5. The first-order chi connectivity index (χ1) is 10.8. The van der Waals surface area contributed by atoms with Crippen molar-refractivity contribution < 1.29 is 0 Å². The van der Waals surface area contributed by atoms with Crippen LogP contribution < -0.4 is 5.56 Å². The molecule has 0 unspecified atom stereocenters. The number of nitrogens with one attached hydrogen (secondary N) is 1. The Labute approximate surface area is 128 Å². The summed E-state index contributed by atoms with van der Waals surface area (Å²) in [6.07, 6.45) is 9.46. The molecule has 2 aromatic heterocycles. The van der Waals surface area contributed by atoms with Crippen molar-refractivity contribution in [2.24, 2.45) is 0 Å². The van der Waals surface area contributed by atoms with Crippen LogP contribution >= 0.6 is 0 Å². The lowest BCUT2D eigenvalue weighted by atomic mass is 10.2. The molecule has 3 aromatic rings. The third-order valence-electron chi connectivity index (χ3n) is 3.69. The van der Waals surface area contributed by atoms with Crippen molar-refractivity contribution in [1.29, 1.82) is 0 Å². The Bertz CT molecular complexity index is 957. The first-order valence-corrected chi connectivity index (χ1v) is 7.15. The SMILES string of the molecule is C=C/C(=C\C=C/C)Cn1c2ccccc2c2cn[nH]c(=O)c21. The van der Waals surface area contributed by atoms with Crippen LogP contribution in [0.15, 0.2) is 71.7 Å². The van der Waals surface area contributed by atoms with Crippen molar-refractivity contribution in [3.8, 4) is 0 Å². The summed E-state index contributed by atoms with van der Waals surface area (Å²) >= 11 is 0. The number of rotatable bonds is 4. The van der Waals surface area contributed by atoms with Crippen molar-refractivity contribution in [1.82, 2.24) is 14.8 Å². The lowest BCUT2D eigenvalue weighted by Gasteiger charge is -2.07. The summed E-state index contributed by atoms with van der Waals surface area (Å²) in [4.78, 5) is 12.3. The fourth-order valence-electron chi connectivity index (χ4n) is 2.67. The zero-order valence-electron chi connectivity index (χ0n) is 12.4. The van der Waals surface area contributed by atoms with Gasteiger partial charge in [0.15, 0.2) is 0 Å². The van der Waals surface area contributed by atoms with Crippen LogP contribution in [0.4, 0.5) is 0 Å². The largest absolute Gasteiger partial charge is 0.331 e. The highest BCUT2D eigenvalue weighted by Gasteiger charge is 2.13. The Hall–Kier alpha value is -2.88. The van der Waals surface area contributed by atoms with Crippen molar-refractivity contribution in [2.75, 3.05) is 0 Å². The fourth-order valence-corrected chi connectivity index (χ4v) is 2.67. The monoisotopic (exact) mass is 291 g/mol. The van der Waals surface area contributed by atoms with Crippen LogP contribution in [0.3, 0.4) is 0 Å². The fraction of sp³-hybridized carbons (Fsp3) is 0.111. The lowest BCUT2D eigenvalue weighted by molar-refractivity contribution is 0.855. The van der Waals surface area contributed by atoms with Crippen molar-refractivity contribution in [3.63, 3.8) is 0 Å². The Kier molecular flexibility index (Phi) is 3.74. The number of hydrogen-bond acceptors (Lipinski definition) is 2. The molecule has 3 rings (SSSR count). The number of H-pyrrole nitrogens is 1. The van der Waals surface area contributed by atoms with Gasteiger partial charge in [0, 0.05) is 22.8 Å². The Morgan fingerprint density at radius 3 is 2.95 bits per heavy atom. The molecule has 4 nitrogen and oxygen atoms in total. The van der Waals surface area contributed by atoms with Crippen LogP contribution in [0.2, 0.25) is 0 Å². The van der Waals surface area contributed by atoms with Crippen LogP contribution in [0.25, 0.3) is 21.8 Å². The molecule has 0 saturated heterocycles. The molecule has 4 heteroatoms. The van der Waals surface area contributed by atoms with Gasteiger partial charge in [0.25, 0.3) is 5.56 Å². The molecule has 0 saturated carbocycles. The number of para-hydroxylation sites is 1. The zero-order valence-corrected chi connectivity index (χ0v) is 12.4. The van der Waals surface area contributed by atoms with E-state index in [0.717, 1.165) is 21.9 Å². The van der Waals surface area contributed by atoms with Gasteiger partial charge in [-0.25, -0.2) is 5.10 Å². The highest BCUT2D eigenvalue weighted by atomic mass is 16.1. The molecular weight excluding hydrogens is 274 g/mol. The quantitative estimate of drug-likeness (QED) is 0.747. The predicted molar refractivity (Wildman–Crippen MR) is 91.0 cm³/mol. The van der Waals surface area contributed by atoms with Gasteiger partial charge in [0.2, 0.25) is 0 Å². The highest BCUT2D eigenvalue weighted by Crippen LogP contribution is 2.26. The smallest absolute Gasteiger partial charge is 0.288 e. The molecule has 0 bridgehead atoms. The van der Waals surface area contributed by atoms with Gasteiger partial charge < -0.3 is 4.57 Å². The second kappa shape index (κ2) is 5.85. The second-order valence-corrected chi connectivity index (χ2v) is 5.04. The summed E-state index contributed by atoms with van der Waals surface area (Å²) < 4.78 is 2.02. The van der Waals surface area contributed by atoms with E-state index >= 15 is 0 Å². The number of nitrogens with zero attached hydrogens (tertiary/aromatic N) is 2. The maximum Gasteiger partial charge on any atom is 0.288 e.